The standard InChI is InChI=1S/C11H20BrN3O/c1-4-5-13-10(7-16)6-15-9(3)11(12)8(2)14-15/h10,13,16H,4-7H2,1-3H3. The van der Waals surface area contributed by atoms with Crippen LogP contribution in [-0.2, 0) is 6.54 Å². The first kappa shape index (κ1) is 13.7. The predicted octanol–water partition coefficient (Wildman–Crippen LogP) is 1.62. The quantitative estimate of drug-likeness (QED) is 0.837. The zero-order valence-corrected chi connectivity index (χ0v) is 11.7. The van der Waals surface area contributed by atoms with Gasteiger partial charge >= 0.3 is 0 Å². The number of rotatable bonds is 6. The smallest absolute Gasteiger partial charge is 0.0738 e. The summed E-state index contributed by atoms with van der Waals surface area (Å²) in [6.45, 7) is 7.87. The van der Waals surface area contributed by atoms with Crippen molar-refractivity contribution < 1.29 is 5.11 Å². The molecule has 1 rings (SSSR count). The fourth-order valence-corrected chi connectivity index (χ4v) is 1.88. The van der Waals surface area contributed by atoms with Crippen LogP contribution in [0.4, 0.5) is 0 Å². The van der Waals surface area contributed by atoms with Crippen LogP contribution in [0.25, 0.3) is 0 Å². The highest BCUT2D eigenvalue weighted by atomic mass is 79.9. The van der Waals surface area contributed by atoms with Gasteiger partial charge in [-0.25, -0.2) is 0 Å². The number of hydrogen-bond donors (Lipinski definition) is 2. The highest BCUT2D eigenvalue weighted by molar-refractivity contribution is 9.10. The van der Waals surface area contributed by atoms with Crippen molar-refractivity contribution in [3.05, 3.63) is 15.9 Å². The van der Waals surface area contributed by atoms with E-state index in [-0.39, 0.29) is 12.6 Å². The number of aryl methyl sites for hydroxylation is 1. The lowest BCUT2D eigenvalue weighted by Gasteiger charge is -2.16. The Morgan fingerprint density at radius 3 is 2.62 bits per heavy atom. The number of nitrogens with zero attached hydrogens (tertiary/aromatic N) is 2. The first-order valence-corrected chi connectivity index (χ1v) is 6.43. The second-order valence-electron chi connectivity index (χ2n) is 4.00. The zero-order valence-electron chi connectivity index (χ0n) is 10.1. The molecule has 0 radical (unpaired) electrons. The largest absolute Gasteiger partial charge is 0.395 e. The van der Waals surface area contributed by atoms with E-state index in [1.54, 1.807) is 0 Å². The summed E-state index contributed by atoms with van der Waals surface area (Å²) in [5.74, 6) is 0. The van der Waals surface area contributed by atoms with Gasteiger partial charge in [0.15, 0.2) is 0 Å². The van der Waals surface area contributed by atoms with Gasteiger partial charge in [0.05, 0.1) is 23.3 Å². The number of hydrogen-bond acceptors (Lipinski definition) is 3. The molecule has 0 spiro atoms. The summed E-state index contributed by atoms with van der Waals surface area (Å²) >= 11 is 3.50. The Morgan fingerprint density at radius 2 is 2.19 bits per heavy atom. The monoisotopic (exact) mass is 289 g/mol. The van der Waals surface area contributed by atoms with Gasteiger partial charge in [0.25, 0.3) is 0 Å². The summed E-state index contributed by atoms with van der Waals surface area (Å²) in [7, 11) is 0. The van der Waals surface area contributed by atoms with E-state index in [4.69, 9.17) is 0 Å². The molecule has 16 heavy (non-hydrogen) atoms. The van der Waals surface area contributed by atoms with E-state index in [2.05, 4.69) is 33.3 Å². The molecule has 4 nitrogen and oxygen atoms in total. The van der Waals surface area contributed by atoms with Gasteiger partial charge in [0.2, 0.25) is 0 Å². The lowest BCUT2D eigenvalue weighted by atomic mass is 10.3. The molecule has 0 aliphatic carbocycles. The summed E-state index contributed by atoms with van der Waals surface area (Å²) in [6, 6.07) is 0.0739. The number of nitrogens with one attached hydrogen (secondary N) is 1. The summed E-state index contributed by atoms with van der Waals surface area (Å²) in [4.78, 5) is 0. The van der Waals surface area contributed by atoms with Crippen LogP contribution in [0.2, 0.25) is 0 Å². The molecule has 1 atom stereocenters. The van der Waals surface area contributed by atoms with Crippen molar-refractivity contribution in [3.8, 4) is 0 Å². The van der Waals surface area contributed by atoms with Crippen LogP contribution in [0.15, 0.2) is 4.47 Å². The van der Waals surface area contributed by atoms with Crippen molar-refractivity contribution >= 4 is 15.9 Å². The van der Waals surface area contributed by atoms with Gasteiger partial charge < -0.3 is 10.4 Å². The van der Waals surface area contributed by atoms with Crippen LogP contribution >= 0.6 is 15.9 Å². The lowest BCUT2D eigenvalue weighted by Crippen LogP contribution is -2.37. The normalized spacial score (nSPS) is 13.1. The molecule has 0 saturated carbocycles. The molecule has 0 fully saturated rings. The summed E-state index contributed by atoms with van der Waals surface area (Å²) < 4.78 is 2.99. The van der Waals surface area contributed by atoms with Gasteiger partial charge in [-0.05, 0) is 42.7 Å². The molecule has 2 N–H and O–H groups in total. The summed E-state index contributed by atoms with van der Waals surface area (Å²) in [6.07, 6.45) is 1.07. The number of aromatic nitrogens is 2. The molecule has 0 bridgehead atoms. The highest BCUT2D eigenvalue weighted by Crippen LogP contribution is 2.19. The maximum absolute atomic E-state index is 9.27. The Bertz CT molecular complexity index is 338. The minimum atomic E-state index is 0.0739. The maximum atomic E-state index is 9.27. The van der Waals surface area contributed by atoms with Gasteiger partial charge in [-0.15, -0.1) is 0 Å². The van der Waals surface area contributed by atoms with Crippen LogP contribution < -0.4 is 5.32 Å². The van der Waals surface area contributed by atoms with Crippen molar-refractivity contribution in [2.45, 2.75) is 39.8 Å². The topological polar surface area (TPSA) is 50.1 Å². The highest BCUT2D eigenvalue weighted by Gasteiger charge is 2.13. The van der Waals surface area contributed by atoms with Gasteiger partial charge in [0.1, 0.15) is 0 Å². The Hall–Kier alpha value is -0.390. The van der Waals surface area contributed by atoms with E-state index < -0.39 is 0 Å². The zero-order chi connectivity index (χ0) is 12.1. The molecule has 0 aliphatic rings. The van der Waals surface area contributed by atoms with E-state index in [1.807, 2.05) is 18.5 Å². The minimum Gasteiger partial charge on any atom is -0.395 e. The first-order chi connectivity index (χ1) is 7.60. The Balaban J connectivity index is 2.66. The van der Waals surface area contributed by atoms with E-state index in [0.717, 1.165) is 28.8 Å². The van der Waals surface area contributed by atoms with Crippen LogP contribution in [0, 0.1) is 13.8 Å². The second kappa shape index (κ2) is 6.37. The van der Waals surface area contributed by atoms with E-state index in [1.165, 1.54) is 0 Å². The Labute approximate surface area is 105 Å². The third-order valence-electron chi connectivity index (χ3n) is 2.59. The first-order valence-electron chi connectivity index (χ1n) is 5.63. The molecule has 1 aromatic heterocycles. The van der Waals surface area contributed by atoms with Crippen molar-refractivity contribution in [2.24, 2.45) is 0 Å². The van der Waals surface area contributed by atoms with Crippen LogP contribution in [0.5, 0.6) is 0 Å². The SMILES string of the molecule is CCCNC(CO)Cn1nc(C)c(Br)c1C. The van der Waals surface area contributed by atoms with Gasteiger partial charge in [-0.2, -0.15) is 5.10 Å². The van der Waals surface area contributed by atoms with Gasteiger partial charge in [-0.1, -0.05) is 6.92 Å². The van der Waals surface area contributed by atoms with Gasteiger partial charge in [0, 0.05) is 11.7 Å². The van der Waals surface area contributed by atoms with Crippen molar-refractivity contribution in [1.82, 2.24) is 15.1 Å². The molecule has 0 saturated heterocycles. The van der Waals surface area contributed by atoms with Crippen molar-refractivity contribution in [2.75, 3.05) is 13.2 Å². The summed E-state index contributed by atoms with van der Waals surface area (Å²) in [5.41, 5.74) is 2.10. The summed E-state index contributed by atoms with van der Waals surface area (Å²) in [5, 5.41) is 17.0. The molecule has 92 valence electrons. The Morgan fingerprint density at radius 1 is 1.50 bits per heavy atom. The third-order valence-corrected chi connectivity index (χ3v) is 3.74. The minimum absolute atomic E-state index is 0.0739. The molecule has 0 amide bonds. The molecule has 0 aromatic carbocycles. The lowest BCUT2D eigenvalue weighted by molar-refractivity contribution is 0.224. The molecule has 5 heteroatoms. The molecule has 1 heterocycles. The maximum Gasteiger partial charge on any atom is 0.0738 e. The molecule has 1 unspecified atom stereocenters. The number of aliphatic hydroxyl groups excluding tert-OH is 1. The average Bonchev–Trinajstić information content (AvgIpc) is 2.52. The van der Waals surface area contributed by atoms with Crippen molar-refractivity contribution in [3.63, 3.8) is 0 Å². The molecular weight excluding hydrogens is 270 g/mol. The third kappa shape index (κ3) is 3.30. The van der Waals surface area contributed by atoms with Crippen LogP contribution in [0.3, 0.4) is 0 Å². The average molecular weight is 290 g/mol. The second-order valence-corrected chi connectivity index (χ2v) is 4.79. The van der Waals surface area contributed by atoms with Crippen LogP contribution in [-0.4, -0.2) is 34.1 Å². The fraction of sp³-hybridized carbons (Fsp3) is 0.727. The molecular formula is C11H20BrN3O. The number of halogens is 1. The van der Waals surface area contributed by atoms with E-state index in [9.17, 15) is 5.11 Å². The Kier molecular flexibility index (Phi) is 5.44. The van der Waals surface area contributed by atoms with Crippen LogP contribution in [0.1, 0.15) is 24.7 Å². The predicted molar refractivity (Wildman–Crippen MR) is 68.6 cm³/mol. The number of aliphatic hydroxyl groups is 1. The van der Waals surface area contributed by atoms with E-state index in [0.29, 0.717) is 6.54 Å². The fourth-order valence-electron chi connectivity index (χ4n) is 1.60. The molecule has 0 aliphatic heterocycles. The molecule has 1 aromatic rings. The van der Waals surface area contributed by atoms with E-state index >= 15 is 0 Å². The van der Waals surface area contributed by atoms with Crippen molar-refractivity contribution in [1.29, 1.82) is 0 Å². The van der Waals surface area contributed by atoms with Gasteiger partial charge in [-0.3, -0.25) is 4.68 Å².